The summed E-state index contributed by atoms with van der Waals surface area (Å²) in [4.78, 5) is 28.0. The molecule has 35 heavy (non-hydrogen) atoms. The predicted molar refractivity (Wildman–Crippen MR) is 138 cm³/mol. The molecule has 1 amide bonds. The molecule has 0 saturated heterocycles. The van der Waals surface area contributed by atoms with Gasteiger partial charge in [-0.05, 0) is 104 Å². The maximum Gasteiger partial charge on any atom is 0.222 e. The fraction of sp³-hybridized carbons (Fsp3) is 0.548. The van der Waals surface area contributed by atoms with Gasteiger partial charge in [0, 0.05) is 31.8 Å². The number of amides is 1. The first-order valence-electron chi connectivity index (χ1n) is 13.4. The lowest BCUT2D eigenvalue weighted by Gasteiger charge is -2.50. The lowest BCUT2D eigenvalue weighted by Crippen LogP contribution is -2.44. The van der Waals surface area contributed by atoms with Crippen molar-refractivity contribution < 1.29 is 14.7 Å². The van der Waals surface area contributed by atoms with Crippen molar-refractivity contribution in [1.29, 1.82) is 0 Å². The predicted octanol–water partition coefficient (Wildman–Crippen LogP) is 6.18. The molecule has 0 radical (unpaired) electrons. The van der Waals surface area contributed by atoms with Crippen LogP contribution in [0.15, 0.2) is 42.5 Å². The van der Waals surface area contributed by atoms with Crippen molar-refractivity contribution in [2.24, 2.45) is 23.2 Å². The molecule has 3 aliphatic rings. The Balaban J connectivity index is 1.24. The maximum absolute atomic E-state index is 13.2. The Morgan fingerprint density at radius 2 is 1.97 bits per heavy atom. The minimum absolute atomic E-state index is 0.188. The molecule has 0 unspecified atom stereocenters. The topological polar surface area (TPSA) is 57.6 Å². The SMILES string of the molecule is Cc1ccccc1CN(C)C(=O)CCC[C@@H]1CC(=O)[C@@]2(C)CC[C@@H]3c4ccc(O)cc4CC[C@H]3[C@H]12. The Hall–Kier alpha value is -2.62. The highest BCUT2D eigenvalue weighted by Gasteiger charge is 2.58. The third-order valence-corrected chi connectivity index (χ3v) is 9.61. The van der Waals surface area contributed by atoms with Crippen LogP contribution in [0.2, 0.25) is 0 Å². The second-order valence-corrected chi connectivity index (χ2v) is 11.6. The smallest absolute Gasteiger partial charge is 0.222 e. The van der Waals surface area contributed by atoms with Crippen LogP contribution in [0.25, 0.3) is 0 Å². The fourth-order valence-electron chi connectivity index (χ4n) is 7.73. The van der Waals surface area contributed by atoms with Gasteiger partial charge in [-0.15, -0.1) is 0 Å². The van der Waals surface area contributed by atoms with Gasteiger partial charge in [0.25, 0.3) is 0 Å². The zero-order chi connectivity index (χ0) is 24.7. The summed E-state index contributed by atoms with van der Waals surface area (Å²) in [5, 5.41) is 9.95. The summed E-state index contributed by atoms with van der Waals surface area (Å²) in [6.07, 6.45) is 7.16. The van der Waals surface area contributed by atoms with Crippen molar-refractivity contribution in [3.63, 3.8) is 0 Å². The molecule has 186 valence electrons. The van der Waals surface area contributed by atoms with E-state index in [0.717, 1.165) is 38.5 Å². The highest BCUT2D eigenvalue weighted by molar-refractivity contribution is 5.87. The number of fused-ring (bicyclic) bond motifs is 5. The van der Waals surface area contributed by atoms with Crippen LogP contribution in [0.1, 0.15) is 80.0 Å². The first kappa shape index (κ1) is 24.1. The maximum atomic E-state index is 13.2. The summed E-state index contributed by atoms with van der Waals surface area (Å²) in [7, 11) is 1.90. The number of carbonyl (C=O) groups excluding carboxylic acids is 2. The Bertz CT molecular complexity index is 1120. The zero-order valence-corrected chi connectivity index (χ0v) is 21.4. The van der Waals surface area contributed by atoms with Crippen LogP contribution in [0.5, 0.6) is 5.75 Å². The first-order chi connectivity index (χ1) is 16.8. The number of aryl methyl sites for hydroxylation is 2. The van der Waals surface area contributed by atoms with Crippen LogP contribution in [0, 0.1) is 30.1 Å². The minimum Gasteiger partial charge on any atom is -0.508 e. The van der Waals surface area contributed by atoms with Gasteiger partial charge in [0.1, 0.15) is 11.5 Å². The van der Waals surface area contributed by atoms with Crippen LogP contribution < -0.4 is 0 Å². The van der Waals surface area contributed by atoms with E-state index in [2.05, 4.69) is 32.0 Å². The molecule has 4 nitrogen and oxygen atoms in total. The average molecular weight is 474 g/mol. The highest BCUT2D eigenvalue weighted by atomic mass is 16.3. The quantitative estimate of drug-likeness (QED) is 0.545. The fourth-order valence-corrected chi connectivity index (χ4v) is 7.73. The van der Waals surface area contributed by atoms with E-state index in [1.165, 1.54) is 22.3 Å². The number of ketones is 1. The zero-order valence-electron chi connectivity index (χ0n) is 21.4. The van der Waals surface area contributed by atoms with Crippen LogP contribution in [-0.2, 0) is 22.6 Å². The van der Waals surface area contributed by atoms with E-state index in [1.807, 2.05) is 36.2 Å². The molecular weight excluding hydrogens is 434 g/mol. The molecule has 0 spiro atoms. The second-order valence-electron chi connectivity index (χ2n) is 11.6. The summed E-state index contributed by atoms with van der Waals surface area (Å²) in [5.41, 5.74) is 4.89. The molecule has 3 aliphatic carbocycles. The third kappa shape index (κ3) is 4.41. The molecule has 5 atom stereocenters. The van der Waals surface area contributed by atoms with Gasteiger partial charge in [-0.1, -0.05) is 37.3 Å². The Kier molecular flexibility index (Phi) is 6.50. The molecule has 4 heteroatoms. The number of benzene rings is 2. The van der Waals surface area contributed by atoms with Crippen molar-refractivity contribution in [3.05, 3.63) is 64.7 Å². The highest BCUT2D eigenvalue weighted by Crippen LogP contribution is 2.62. The number of rotatable bonds is 6. The lowest BCUT2D eigenvalue weighted by atomic mass is 9.54. The summed E-state index contributed by atoms with van der Waals surface area (Å²) >= 11 is 0. The van der Waals surface area contributed by atoms with Crippen LogP contribution in [0.4, 0.5) is 0 Å². The average Bonchev–Trinajstić information content (AvgIpc) is 3.09. The number of nitrogens with zero attached hydrogens (tertiary/aromatic N) is 1. The van der Waals surface area contributed by atoms with Crippen molar-refractivity contribution in [1.82, 2.24) is 4.90 Å². The summed E-state index contributed by atoms with van der Waals surface area (Å²) in [5.74, 6) is 2.81. The Labute approximate surface area is 209 Å². The van der Waals surface area contributed by atoms with Gasteiger partial charge in [-0.25, -0.2) is 0 Å². The van der Waals surface area contributed by atoms with Gasteiger partial charge < -0.3 is 10.0 Å². The normalized spacial score (nSPS) is 29.3. The van der Waals surface area contributed by atoms with E-state index in [9.17, 15) is 14.7 Å². The Morgan fingerprint density at radius 3 is 2.77 bits per heavy atom. The summed E-state index contributed by atoms with van der Waals surface area (Å²) < 4.78 is 0. The molecule has 2 aromatic carbocycles. The van der Waals surface area contributed by atoms with E-state index in [4.69, 9.17) is 0 Å². The molecular formula is C31H39NO3. The van der Waals surface area contributed by atoms with E-state index in [-0.39, 0.29) is 11.3 Å². The van der Waals surface area contributed by atoms with Gasteiger partial charge >= 0.3 is 0 Å². The molecule has 0 aliphatic heterocycles. The molecule has 0 bridgehead atoms. The molecule has 1 N–H and O–H groups in total. The summed E-state index contributed by atoms with van der Waals surface area (Å²) in [6, 6.07) is 14.1. The Morgan fingerprint density at radius 1 is 1.17 bits per heavy atom. The second kappa shape index (κ2) is 9.44. The van der Waals surface area contributed by atoms with Crippen LogP contribution in [-0.4, -0.2) is 28.7 Å². The largest absolute Gasteiger partial charge is 0.508 e. The van der Waals surface area contributed by atoms with E-state index in [0.29, 0.717) is 54.6 Å². The van der Waals surface area contributed by atoms with Crippen LogP contribution in [0.3, 0.4) is 0 Å². The number of aromatic hydroxyl groups is 1. The van der Waals surface area contributed by atoms with E-state index < -0.39 is 0 Å². The molecule has 2 aromatic rings. The minimum atomic E-state index is -0.202. The molecule has 5 rings (SSSR count). The van der Waals surface area contributed by atoms with Gasteiger partial charge in [-0.3, -0.25) is 9.59 Å². The number of carbonyl (C=O) groups is 2. The number of hydrogen-bond donors (Lipinski definition) is 1. The van der Waals surface area contributed by atoms with Crippen molar-refractivity contribution in [3.8, 4) is 5.75 Å². The van der Waals surface area contributed by atoms with Gasteiger partial charge in [-0.2, -0.15) is 0 Å². The molecule has 0 aromatic heterocycles. The monoisotopic (exact) mass is 473 g/mol. The van der Waals surface area contributed by atoms with Gasteiger partial charge in [0.15, 0.2) is 0 Å². The first-order valence-corrected chi connectivity index (χ1v) is 13.4. The molecule has 2 saturated carbocycles. The number of Topliss-reactive ketones (excluding diaryl/α,β-unsaturated/α-hetero) is 1. The molecule has 2 fully saturated rings. The third-order valence-electron chi connectivity index (χ3n) is 9.61. The molecule has 0 heterocycles. The van der Waals surface area contributed by atoms with Crippen molar-refractivity contribution in [2.45, 2.75) is 77.7 Å². The van der Waals surface area contributed by atoms with E-state index in [1.54, 1.807) is 0 Å². The van der Waals surface area contributed by atoms with Crippen molar-refractivity contribution in [2.75, 3.05) is 7.05 Å². The number of phenols is 1. The van der Waals surface area contributed by atoms with E-state index >= 15 is 0 Å². The van der Waals surface area contributed by atoms with Crippen LogP contribution >= 0.6 is 0 Å². The van der Waals surface area contributed by atoms with Gasteiger partial charge in [0.2, 0.25) is 5.91 Å². The number of phenolic OH excluding ortho intramolecular Hbond substituents is 1. The van der Waals surface area contributed by atoms with Crippen molar-refractivity contribution >= 4 is 11.7 Å². The standard InChI is InChI=1S/C31H39NO3/c1-20-7-4-5-8-23(20)19-32(3)29(35)10-6-9-22-18-28(34)31(2)16-15-26-25-14-12-24(33)17-21(25)11-13-27(26)30(22)31/h4-5,7-8,12,14,17,22,26-27,30,33H,6,9-11,13,15-16,18-19H2,1-3H3/t22-,26-,27-,30+,31-/m1/s1. The summed E-state index contributed by atoms with van der Waals surface area (Å²) in [6.45, 7) is 4.96. The van der Waals surface area contributed by atoms with Gasteiger partial charge in [0.05, 0.1) is 0 Å². The lowest BCUT2D eigenvalue weighted by molar-refractivity contribution is -0.131. The number of hydrogen-bond acceptors (Lipinski definition) is 3.